The lowest BCUT2D eigenvalue weighted by atomic mass is 10.2. The summed E-state index contributed by atoms with van der Waals surface area (Å²) in [4.78, 5) is 24.6. The van der Waals surface area contributed by atoms with Gasteiger partial charge in [-0.15, -0.1) is 11.3 Å². The van der Waals surface area contributed by atoms with Crippen LogP contribution in [0.25, 0.3) is 10.2 Å². The van der Waals surface area contributed by atoms with E-state index in [1.807, 2.05) is 25.1 Å². The van der Waals surface area contributed by atoms with E-state index < -0.39 is 0 Å². The molecule has 5 rings (SSSR count). The van der Waals surface area contributed by atoms with Gasteiger partial charge in [0.05, 0.1) is 36.0 Å². The van der Waals surface area contributed by atoms with Crippen molar-refractivity contribution in [1.82, 2.24) is 14.8 Å². The van der Waals surface area contributed by atoms with E-state index in [2.05, 4.69) is 50.3 Å². The molecule has 3 heterocycles. The number of benzene rings is 2. The highest BCUT2D eigenvalue weighted by Crippen LogP contribution is 2.23. The Morgan fingerprint density at radius 3 is 2.48 bits per heavy atom. The maximum absolute atomic E-state index is 12.9. The number of rotatable bonds is 6. The van der Waals surface area contributed by atoms with Gasteiger partial charge in [0.15, 0.2) is 0 Å². The molecule has 0 unspecified atom stereocenters. The first-order valence-corrected chi connectivity index (χ1v) is 12.5. The first kappa shape index (κ1) is 22.3. The van der Waals surface area contributed by atoms with Crippen LogP contribution in [0.3, 0.4) is 0 Å². The van der Waals surface area contributed by atoms with Gasteiger partial charge in [0, 0.05) is 50.6 Å². The van der Waals surface area contributed by atoms with Crippen molar-refractivity contribution >= 4 is 38.8 Å². The summed E-state index contributed by atoms with van der Waals surface area (Å²) in [6, 6.07) is 16.3. The number of fused-ring (bicyclic) bond motifs is 1. The van der Waals surface area contributed by atoms with Crippen LogP contribution < -0.4 is 10.2 Å². The summed E-state index contributed by atoms with van der Waals surface area (Å²) in [5, 5.41) is 4.25. The van der Waals surface area contributed by atoms with Crippen LogP contribution in [0.5, 0.6) is 0 Å². The van der Waals surface area contributed by atoms with E-state index in [0.29, 0.717) is 0 Å². The summed E-state index contributed by atoms with van der Waals surface area (Å²) < 4.78 is 6.67. The lowest BCUT2D eigenvalue weighted by Gasteiger charge is -2.37. The molecular weight excluding hydrogens is 434 g/mol. The molecule has 1 atom stereocenters. The highest BCUT2D eigenvalue weighted by Gasteiger charge is 2.26. The van der Waals surface area contributed by atoms with Crippen molar-refractivity contribution in [3.05, 3.63) is 53.5 Å². The van der Waals surface area contributed by atoms with E-state index in [1.54, 1.807) is 11.3 Å². The molecule has 0 spiro atoms. The van der Waals surface area contributed by atoms with Crippen molar-refractivity contribution < 1.29 is 9.53 Å². The molecule has 8 heteroatoms. The molecule has 1 aromatic heterocycles. The molecule has 33 heavy (non-hydrogen) atoms. The predicted molar refractivity (Wildman–Crippen MR) is 134 cm³/mol. The largest absolute Gasteiger partial charge is 0.378 e. The van der Waals surface area contributed by atoms with Crippen LogP contribution in [0.4, 0.5) is 11.4 Å². The highest BCUT2D eigenvalue weighted by atomic mass is 32.1. The summed E-state index contributed by atoms with van der Waals surface area (Å²) in [7, 11) is 0. The van der Waals surface area contributed by atoms with Crippen molar-refractivity contribution in [2.45, 2.75) is 19.5 Å². The molecule has 0 bridgehead atoms. The normalized spacial score (nSPS) is 19.0. The molecule has 1 N–H and O–H groups in total. The SMILES string of the molecule is C[C@H](C(=O)Nc1ccc(N2CCOCC2)cc1)N1CCN(Cc2nc3ccccc3s2)CC1. The molecular formula is C25H31N5O2S. The first-order chi connectivity index (χ1) is 16.2. The number of amides is 1. The highest BCUT2D eigenvalue weighted by molar-refractivity contribution is 7.18. The quantitative estimate of drug-likeness (QED) is 0.603. The first-order valence-electron chi connectivity index (χ1n) is 11.7. The maximum Gasteiger partial charge on any atom is 0.241 e. The van der Waals surface area contributed by atoms with Crippen molar-refractivity contribution in [3.63, 3.8) is 0 Å². The third-order valence-electron chi connectivity index (χ3n) is 6.54. The Bertz CT molecular complexity index is 1040. The number of hydrogen-bond acceptors (Lipinski definition) is 7. The number of thiazole rings is 1. The van der Waals surface area contributed by atoms with Crippen molar-refractivity contribution in [1.29, 1.82) is 0 Å². The Labute approximate surface area is 199 Å². The van der Waals surface area contributed by atoms with Crippen molar-refractivity contribution in [2.24, 2.45) is 0 Å². The zero-order chi connectivity index (χ0) is 22.6. The van der Waals surface area contributed by atoms with Crippen molar-refractivity contribution in [2.75, 3.05) is 62.7 Å². The number of hydrogen-bond donors (Lipinski definition) is 1. The molecule has 2 aliphatic rings. The molecule has 7 nitrogen and oxygen atoms in total. The number of para-hydroxylation sites is 1. The fourth-order valence-electron chi connectivity index (χ4n) is 4.48. The van der Waals surface area contributed by atoms with Gasteiger partial charge in [-0.1, -0.05) is 12.1 Å². The second kappa shape index (κ2) is 10.2. The van der Waals surface area contributed by atoms with E-state index in [0.717, 1.165) is 75.2 Å². The summed E-state index contributed by atoms with van der Waals surface area (Å²) in [5.41, 5.74) is 3.10. The number of carbonyl (C=O) groups is 1. The number of morpholine rings is 1. The molecule has 3 aromatic rings. The lowest BCUT2D eigenvalue weighted by Crippen LogP contribution is -2.52. The number of piperazine rings is 1. The number of carbonyl (C=O) groups excluding carboxylic acids is 1. The molecule has 1 amide bonds. The molecule has 174 valence electrons. The molecule has 2 aromatic carbocycles. The summed E-state index contributed by atoms with van der Waals surface area (Å²) in [6.45, 7) is 9.90. The van der Waals surface area contributed by atoms with Gasteiger partial charge in [0.1, 0.15) is 5.01 Å². The molecule has 2 fully saturated rings. The minimum absolute atomic E-state index is 0.0498. The number of nitrogens with zero attached hydrogens (tertiary/aromatic N) is 4. The Hall–Kier alpha value is -2.52. The van der Waals surface area contributed by atoms with Gasteiger partial charge < -0.3 is 15.0 Å². The molecule has 2 saturated heterocycles. The zero-order valence-corrected chi connectivity index (χ0v) is 19.9. The van der Waals surface area contributed by atoms with Gasteiger partial charge in [0.25, 0.3) is 0 Å². The van der Waals surface area contributed by atoms with Gasteiger partial charge in [-0.25, -0.2) is 4.98 Å². The van der Waals surface area contributed by atoms with E-state index in [4.69, 9.17) is 9.72 Å². The van der Waals surface area contributed by atoms with E-state index in [-0.39, 0.29) is 11.9 Å². The number of ether oxygens (including phenoxy) is 1. The van der Waals surface area contributed by atoms with Gasteiger partial charge in [-0.3, -0.25) is 14.6 Å². The van der Waals surface area contributed by atoms with Crippen LogP contribution in [-0.4, -0.2) is 79.2 Å². The minimum atomic E-state index is -0.159. The minimum Gasteiger partial charge on any atom is -0.378 e. The van der Waals surface area contributed by atoms with Crippen LogP contribution in [0.1, 0.15) is 11.9 Å². The fourth-order valence-corrected chi connectivity index (χ4v) is 5.49. The molecule has 0 aliphatic carbocycles. The predicted octanol–water partition coefficient (Wildman–Crippen LogP) is 3.28. The van der Waals surface area contributed by atoms with Gasteiger partial charge in [-0.2, -0.15) is 0 Å². The summed E-state index contributed by atoms with van der Waals surface area (Å²) in [6.07, 6.45) is 0. The number of nitrogens with one attached hydrogen (secondary N) is 1. The molecule has 2 aliphatic heterocycles. The second-order valence-corrected chi connectivity index (χ2v) is 9.81. The monoisotopic (exact) mass is 465 g/mol. The fraction of sp³-hybridized carbons (Fsp3) is 0.440. The summed E-state index contributed by atoms with van der Waals surface area (Å²) >= 11 is 1.77. The van der Waals surface area contributed by atoms with Crippen LogP contribution in [0.15, 0.2) is 48.5 Å². The van der Waals surface area contributed by atoms with Gasteiger partial charge in [-0.05, 0) is 43.3 Å². The zero-order valence-electron chi connectivity index (χ0n) is 19.1. The second-order valence-electron chi connectivity index (χ2n) is 8.70. The average molecular weight is 466 g/mol. The summed E-state index contributed by atoms with van der Waals surface area (Å²) in [5.74, 6) is 0.0498. The average Bonchev–Trinajstić information content (AvgIpc) is 3.27. The third kappa shape index (κ3) is 5.35. The maximum atomic E-state index is 12.9. The molecule has 0 radical (unpaired) electrons. The lowest BCUT2D eigenvalue weighted by molar-refractivity contribution is -0.121. The Kier molecular flexibility index (Phi) is 6.87. The van der Waals surface area contributed by atoms with E-state index in [1.165, 1.54) is 10.4 Å². The van der Waals surface area contributed by atoms with Gasteiger partial charge >= 0.3 is 0 Å². The van der Waals surface area contributed by atoms with E-state index >= 15 is 0 Å². The Balaban J connectivity index is 1.10. The Morgan fingerprint density at radius 2 is 1.76 bits per heavy atom. The molecule has 0 saturated carbocycles. The third-order valence-corrected chi connectivity index (χ3v) is 7.56. The van der Waals surface area contributed by atoms with Crippen LogP contribution in [-0.2, 0) is 16.1 Å². The number of anilines is 2. The van der Waals surface area contributed by atoms with E-state index in [9.17, 15) is 4.79 Å². The topological polar surface area (TPSA) is 60.9 Å². The van der Waals surface area contributed by atoms with Crippen molar-refractivity contribution in [3.8, 4) is 0 Å². The Morgan fingerprint density at radius 1 is 1.03 bits per heavy atom. The van der Waals surface area contributed by atoms with Crippen LogP contribution in [0.2, 0.25) is 0 Å². The van der Waals surface area contributed by atoms with Gasteiger partial charge in [0.2, 0.25) is 5.91 Å². The number of aromatic nitrogens is 1. The van der Waals surface area contributed by atoms with Crippen LogP contribution >= 0.6 is 11.3 Å². The van der Waals surface area contributed by atoms with Crippen LogP contribution in [0, 0.1) is 0 Å². The smallest absolute Gasteiger partial charge is 0.241 e. The standard InChI is InChI=1S/C25H31N5O2S/c1-19(25(31)26-20-6-8-21(9-7-20)30-14-16-32-17-15-30)29-12-10-28(11-13-29)18-24-27-22-4-2-3-5-23(22)33-24/h2-9,19H,10-18H2,1H3,(H,26,31)/t19-/m1/s1.